The van der Waals surface area contributed by atoms with Crippen LogP contribution in [0.15, 0.2) is 48.4 Å². The van der Waals surface area contributed by atoms with Crippen LogP contribution in [0.4, 0.5) is 9.80 Å². The molecule has 7 nitrogen and oxygen atoms in total. The number of carbonyl (C=O) groups is 1. The lowest BCUT2D eigenvalue weighted by Crippen LogP contribution is -2.31. The Morgan fingerprint density at radius 3 is 2.82 bits per heavy atom. The molecule has 0 aliphatic heterocycles. The van der Waals surface area contributed by atoms with Crippen molar-refractivity contribution in [3.8, 4) is 11.6 Å². The third-order valence-electron chi connectivity index (χ3n) is 2.88. The average molecular weight is 314 g/mol. The van der Waals surface area contributed by atoms with Crippen molar-refractivity contribution in [1.82, 2.24) is 24.8 Å². The lowest BCUT2D eigenvalue weighted by molar-refractivity contribution is 0.252. The Hall–Kier alpha value is -2.74. The van der Waals surface area contributed by atoms with E-state index in [9.17, 15) is 4.79 Å². The number of rotatable bonds is 5. The van der Waals surface area contributed by atoms with Crippen LogP contribution in [0.2, 0.25) is 0 Å². The Morgan fingerprint density at radius 1 is 1.18 bits per heavy atom. The van der Waals surface area contributed by atoms with E-state index < -0.39 is 0 Å². The zero-order valence-electron chi connectivity index (χ0n) is 11.6. The molecular formula is C14H14N6OS. The highest BCUT2D eigenvalue weighted by atomic mass is 32.1. The smallest absolute Gasteiger partial charge is 0.319 e. The Kier molecular flexibility index (Phi) is 4.40. The van der Waals surface area contributed by atoms with Crippen molar-refractivity contribution < 1.29 is 4.79 Å². The van der Waals surface area contributed by atoms with Gasteiger partial charge in [-0.25, -0.2) is 19.7 Å². The fourth-order valence-electron chi connectivity index (χ4n) is 1.91. The van der Waals surface area contributed by atoms with E-state index in [-0.39, 0.29) is 6.03 Å². The molecule has 0 aliphatic carbocycles. The van der Waals surface area contributed by atoms with Crippen LogP contribution in [0.1, 0.15) is 0 Å². The quantitative estimate of drug-likeness (QED) is 0.756. The summed E-state index contributed by atoms with van der Waals surface area (Å²) in [5.41, 5.74) is 0. The van der Waals surface area contributed by atoms with E-state index in [0.29, 0.717) is 24.7 Å². The zero-order chi connectivity index (χ0) is 15.2. The van der Waals surface area contributed by atoms with Gasteiger partial charge in [-0.2, -0.15) is 0 Å². The third-order valence-corrected chi connectivity index (χ3v) is 3.66. The molecule has 3 aromatic heterocycles. The van der Waals surface area contributed by atoms with Gasteiger partial charge in [-0.1, -0.05) is 0 Å². The van der Waals surface area contributed by atoms with E-state index in [4.69, 9.17) is 0 Å². The molecule has 3 aromatic rings. The van der Waals surface area contributed by atoms with E-state index in [1.807, 2.05) is 28.3 Å². The summed E-state index contributed by atoms with van der Waals surface area (Å²) in [6.45, 7) is 1.07. The van der Waals surface area contributed by atoms with Gasteiger partial charge >= 0.3 is 6.03 Å². The first-order valence-corrected chi connectivity index (χ1v) is 7.58. The molecule has 0 spiro atoms. The first-order chi connectivity index (χ1) is 10.8. The monoisotopic (exact) mass is 314 g/mol. The van der Waals surface area contributed by atoms with Crippen LogP contribution in [0, 0.1) is 0 Å². The molecule has 22 heavy (non-hydrogen) atoms. The second-order valence-corrected chi connectivity index (χ2v) is 5.32. The van der Waals surface area contributed by atoms with Crippen molar-refractivity contribution in [2.24, 2.45) is 0 Å². The molecule has 2 N–H and O–H groups in total. The number of hydrogen-bond donors (Lipinski definition) is 2. The second-order valence-electron chi connectivity index (χ2n) is 4.37. The number of aromatic nitrogens is 4. The van der Waals surface area contributed by atoms with Crippen LogP contribution >= 0.6 is 11.3 Å². The molecule has 0 atom stereocenters. The van der Waals surface area contributed by atoms with E-state index in [1.54, 1.807) is 24.7 Å². The van der Waals surface area contributed by atoms with Gasteiger partial charge in [-0.3, -0.25) is 5.32 Å². The van der Waals surface area contributed by atoms with Crippen LogP contribution in [0.5, 0.6) is 0 Å². The summed E-state index contributed by atoms with van der Waals surface area (Å²) in [5.74, 6) is 1.25. The number of amides is 2. The fraction of sp³-hybridized carbons (Fsp3) is 0.143. The predicted octanol–water partition coefficient (Wildman–Crippen LogP) is 2.22. The van der Waals surface area contributed by atoms with E-state index >= 15 is 0 Å². The third kappa shape index (κ3) is 3.47. The van der Waals surface area contributed by atoms with Crippen molar-refractivity contribution >= 4 is 22.4 Å². The van der Waals surface area contributed by atoms with Gasteiger partial charge in [0.1, 0.15) is 0 Å². The van der Waals surface area contributed by atoms with Crippen molar-refractivity contribution in [3.63, 3.8) is 0 Å². The summed E-state index contributed by atoms with van der Waals surface area (Å²) >= 11 is 1.48. The summed E-state index contributed by atoms with van der Waals surface area (Å²) < 4.78 is 1.90. The summed E-state index contributed by atoms with van der Waals surface area (Å²) in [7, 11) is 0. The fourth-order valence-corrected chi connectivity index (χ4v) is 2.52. The molecule has 0 saturated heterocycles. The predicted molar refractivity (Wildman–Crippen MR) is 84.6 cm³/mol. The number of thiophene rings is 1. The van der Waals surface area contributed by atoms with E-state index in [2.05, 4.69) is 25.6 Å². The normalized spacial score (nSPS) is 10.4. The van der Waals surface area contributed by atoms with Gasteiger partial charge in [-0.05, 0) is 23.6 Å². The van der Waals surface area contributed by atoms with Crippen molar-refractivity contribution in [2.45, 2.75) is 6.54 Å². The minimum Gasteiger partial charge on any atom is -0.336 e. The van der Waals surface area contributed by atoms with Crippen LogP contribution < -0.4 is 10.6 Å². The average Bonchev–Trinajstić information content (AvgIpc) is 3.20. The number of anilines is 1. The van der Waals surface area contributed by atoms with Crippen molar-refractivity contribution in [3.05, 3.63) is 48.4 Å². The van der Waals surface area contributed by atoms with Gasteiger partial charge in [0.05, 0.1) is 5.00 Å². The molecule has 112 valence electrons. The topological polar surface area (TPSA) is 84.7 Å². The molecular weight excluding hydrogens is 300 g/mol. The van der Waals surface area contributed by atoms with Gasteiger partial charge in [0, 0.05) is 37.9 Å². The van der Waals surface area contributed by atoms with Crippen LogP contribution in [-0.4, -0.2) is 32.1 Å². The molecule has 0 bridgehead atoms. The van der Waals surface area contributed by atoms with Gasteiger partial charge in [0.25, 0.3) is 0 Å². The summed E-state index contributed by atoms with van der Waals surface area (Å²) in [6.07, 6.45) is 6.88. The summed E-state index contributed by atoms with van der Waals surface area (Å²) in [4.78, 5) is 24.3. The maximum atomic E-state index is 11.7. The molecule has 3 rings (SSSR count). The molecule has 0 saturated carbocycles. The van der Waals surface area contributed by atoms with Gasteiger partial charge < -0.3 is 9.88 Å². The number of nitrogens with one attached hydrogen (secondary N) is 2. The summed E-state index contributed by atoms with van der Waals surface area (Å²) in [6, 6.07) is 5.27. The zero-order valence-corrected chi connectivity index (χ0v) is 12.5. The maximum Gasteiger partial charge on any atom is 0.319 e. The molecule has 0 radical (unpaired) electrons. The van der Waals surface area contributed by atoms with Gasteiger partial charge in [0.2, 0.25) is 0 Å². The SMILES string of the molecule is O=C(NCCn1ccnc1-c1ncccn1)Nc1cccs1. The van der Waals surface area contributed by atoms with Crippen LogP contribution in [0.3, 0.4) is 0 Å². The highest BCUT2D eigenvalue weighted by Crippen LogP contribution is 2.14. The van der Waals surface area contributed by atoms with Crippen LogP contribution in [-0.2, 0) is 6.54 Å². The molecule has 0 unspecified atom stereocenters. The minimum atomic E-state index is -0.222. The molecule has 8 heteroatoms. The highest BCUT2D eigenvalue weighted by Gasteiger charge is 2.08. The number of nitrogens with zero attached hydrogens (tertiary/aromatic N) is 4. The van der Waals surface area contributed by atoms with Gasteiger partial charge in [0.15, 0.2) is 11.6 Å². The lowest BCUT2D eigenvalue weighted by Gasteiger charge is -2.08. The van der Waals surface area contributed by atoms with Crippen molar-refractivity contribution in [2.75, 3.05) is 11.9 Å². The largest absolute Gasteiger partial charge is 0.336 e. The molecule has 0 aliphatic rings. The van der Waals surface area contributed by atoms with Crippen LogP contribution in [0.25, 0.3) is 11.6 Å². The van der Waals surface area contributed by atoms with Crippen molar-refractivity contribution in [1.29, 1.82) is 0 Å². The number of urea groups is 1. The van der Waals surface area contributed by atoms with Gasteiger partial charge in [-0.15, -0.1) is 11.3 Å². The lowest BCUT2D eigenvalue weighted by atomic mass is 10.5. The minimum absolute atomic E-state index is 0.222. The molecule has 2 amide bonds. The number of imidazole rings is 1. The van der Waals surface area contributed by atoms with E-state index in [1.165, 1.54) is 11.3 Å². The number of hydrogen-bond acceptors (Lipinski definition) is 5. The van der Waals surface area contributed by atoms with E-state index in [0.717, 1.165) is 5.00 Å². The molecule has 0 fully saturated rings. The standard InChI is InChI=1S/C14H14N6OS/c21-14(19-11-3-1-10-22-11)18-7-9-20-8-6-17-13(20)12-15-4-2-5-16-12/h1-6,8,10H,7,9H2,(H2,18,19,21). The number of carbonyl (C=O) groups excluding carboxylic acids is 1. The first kappa shape index (κ1) is 14.2. The molecule has 0 aromatic carbocycles. The Labute approximate surface area is 131 Å². The Balaban J connectivity index is 1.54. The summed E-state index contributed by atoms with van der Waals surface area (Å²) in [5, 5.41) is 8.30. The maximum absolute atomic E-state index is 11.7. The Morgan fingerprint density at radius 2 is 2.05 bits per heavy atom. The highest BCUT2D eigenvalue weighted by molar-refractivity contribution is 7.14. The second kappa shape index (κ2) is 6.81. The first-order valence-electron chi connectivity index (χ1n) is 6.70. The molecule has 3 heterocycles. The Bertz CT molecular complexity index is 725.